The molecule has 1 aliphatic rings. The predicted octanol–water partition coefficient (Wildman–Crippen LogP) is 1.89. The van der Waals surface area contributed by atoms with E-state index in [-0.39, 0.29) is 29.2 Å². The predicted molar refractivity (Wildman–Crippen MR) is 65.5 cm³/mol. The molecule has 1 aromatic carbocycles. The topological polar surface area (TPSA) is 75.6 Å². The molecule has 0 spiro atoms. The van der Waals surface area contributed by atoms with Crippen LogP contribution >= 0.6 is 0 Å². The van der Waals surface area contributed by atoms with Gasteiger partial charge in [-0.15, -0.1) is 0 Å². The molecule has 0 aliphatic carbocycles. The lowest BCUT2D eigenvalue weighted by atomic mass is 10.0. The Morgan fingerprint density at radius 1 is 1.47 bits per heavy atom. The van der Waals surface area contributed by atoms with E-state index in [9.17, 15) is 14.0 Å². The molecule has 0 saturated carbocycles. The zero-order chi connectivity index (χ0) is 14.0. The fourth-order valence-electron chi connectivity index (χ4n) is 2.10. The fraction of sp³-hybridized carbons (Fsp3) is 0.385. The van der Waals surface area contributed by atoms with Crippen LogP contribution in [0.4, 0.5) is 10.1 Å². The van der Waals surface area contributed by atoms with Crippen LogP contribution in [0.3, 0.4) is 0 Å². The Morgan fingerprint density at radius 3 is 2.79 bits per heavy atom. The van der Waals surface area contributed by atoms with Crippen molar-refractivity contribution in [2.75, 3.05) is 11.9 Å². The van der Waals surface area contributed by atoms with Gasteiger partial charge in [-0.1, -0.05) is 0 Å². The maximum Gasteiger partial charge on any atom is 0.337 e. The van der Waals surface area contributed by atoms with Crippen molar-refractivity contribution in [2.45, 2.75) is 19.4 Å². The van der Waals surface area contributed by atoms with Crippen molar-refractivity contribution in [3.05, 3.63) is 29.6 Å². The summed E-state index contributed by atoms with van der Waals surface area (Å²) in [6.45, 7) is 2.30. The monoisotopic (exact) mass is 267 g/mol. The average molecular weight is 267 g/mol. The Balaban J connectivity index is 2.19. The molecule has 2 N–H and O–H groups in total. The summed E-state index contributed by atoms with van der Waals surface area (Å²) in [4.78, 5) is 23.0. The van der Waals surface area contributed by atoms with E-state index < -0.39 is 11.8 Å². The van der Waals surface area contributed by atoms with E-state index in [0.29, 0.717) is 13.0 Å². The van der Waals surface area contributed by atoms with E-state index >= 15 is 0 Å². The minimum absolute atomic E-state index is 0.0954. The number of nitrogens with one attached hydrogen (secondary N) is 1. The maximum absolute atomic E-state index is 13.0. The van der Waals surface area contributed by atoms with Crippen LogP contribution in [-0.4, -0.2) is 29.7 Å². The summed E-state index contributed by atoms with van der Waals surface area (Å²) in [5, 5.41) is 11.5. The molecule has 6 heteroatoms. The van der Waals surface area contributed by atoms with Crippen molar-refractivity contribution in [1.82, 2.24) is 0 Å². The highest BCUT2D eigenvalue weighted by Gasteiger charge is 2.31. The first-order valence-electron chi connectivity index (χ1n) is 5.94. The number of carboxylic acid groups (broad SMARTS) is 1. The van der Waals surface area contributed by atoms with Gasteiger partial charge in [0.1, 0.15) is 5.82 Å². The second-order valence-electron chi connectivity index (χ2n) is 4.46. The highest BCUT2D eigenvalue weighted by Crippen LogP contribution is 2.24. The molecule has 19 heavy (non-hydrogen) atoms. The molecular weight excluding hydrogens is 253 g/mol. The van der Waals surface area contributed by atoms with Crippen LogP contribution in [0.25, 0.3) is 0 Å². The first-order chi connectivity index (χ1) is 8.99. The first kappa shape index (κ1) is 13.5. The minimum atomic E-state index is -1.29. The Hall–Kier alpha value is -1.95. The molecule has 1 aliphatic heterocycles. The summed E-state index contributed by atoms with van der Waals surface area (Å²) in [6.07, 6.45) is 0.394. The molecule has 0 radical (unpaired) electrons. The molecule has 0 bridgehead atoms. The van der Waals surface area contributed by atoms with Crippen LogP contribution in [0.2, 0.25) is 0 Å². The third kappa shape index (κ3) is 2.90. The van der Waals surface area contributed by atoms with Crippen molar-refractivity contribution in [3.8, 4) is 0 Å². The second-order valence-corrected chi connectivity index (χ2v) is 4.46. The van der Waals surface area contributed by atoms with E-state index in [0.717, 1.165) is 12.1 Å². The molecule has 5 nitrogen and oxygen atoms in total. The van der Waals surface area contributed by atoms with Gasteiger partial charge in [0.25, 0.3) is 0 Å². The van der Waals surface area contributed by atoms with Crippen LogP contribution in [0.1, 0.15) is 23.7 Å². The third-order valence-electron chi connectivity index (χ3n) is 3.18. The zero-order valence-corrected chi connectivity index (χ0v) is 10.4. The molecule has 1 saturated heterocycles. The lowest BCUT2D eigenvalue weighted by Gasteiger charge is -2.15. The lowest BCUT2D eigenvalue weighted by Crippen LogP contribution is -2.28. The zero-order valence-electron chi connectivity index (χ0n) is 10.4. The number of anilines is 1. The van der Waals surface area contributed by atoms with Crippen LogP contribution in [-0.2, 0) is 9.53 Å². The number of hydrogen-bond acceptors (Lipinski definition) is 3. The SMILES string of the molecule is CC1OCCC1C(=O)Nc1ccc(F)cc1C(=O)O. The van der Waals surface area contributed by atoms with Gasteiger partial charge in [-0.2, -0.15) is 0 Å². The number of carbonyl (C=O) groups is 2. The number of aromatic carboxylic acids is 1. The standard InChI is InChI=1S/C13H14FNO4/c1-7-9(4-5-19-7)12(16)15-11-3-2-8(14)6-10(11)13(17)18/h2-3,6-7,9H,4-5H2,1H3,(H,15,16)(H,17,18). The Kier molecular flexibility index (Phi) is 3.80. The van der Waals surface area contributed by atoms with E-state index in [1.165, 1.54) is 6.07 Å². The van der Waals surface area contributed by atoms with Crippen LogP contribution in [0.5, 0.6) is 0 Å². The normalized spacial score (nSPS) is 22.2. The Morgan fingerprint density at radius 2 is 2.21 bits per heavy atom. The average Bonchev–Trinajstić information content (AvgIpc) is 2.77. The van der Waals surface area contributed by atoms with Gasteiger partial charge < -0.3 is 15.2 Å². The summed E-state index contributed by atoms with van der Waals surface area (Å²) in [7, 11) is 0. The van der Waals surface area contributed by atoms with Gasteiger partial charge in [0.15, 0.2) is 0 Å². The van der Waals surface area contributed by atoms with E-state index in [1.54, 1.807) is 6.92 Å². The molecule has 2 rings (SSSR count). The maximum atomic E-state index is 13.0. The molecule has 0 aromatic heterocycles. The number of ether oxygens (including phenoxy) is 1. The highest BCUT2D eigenvalue weighted by molar-refractivity contribution is 6.01. The summed E-state index contributed by atoms with van der Waals surface area (Å²) in [5.41, 5.74) is -0.169. The summed E-state index contributed by atoms with van der Waals surface area (Å²) >= 11 is 0. The van der Waals surface area contributed by atoms with Crippen LogP contribution < -0.4 is 5.32 Å². The molecule has 2 atom stereocenters. The number of rotatable bonds is 3. The summed E-state index contributed by atoms with van der Waals surface area (Å²) in [6, 6.07) is 3.24. The van der Waals surface area contributed by atoms with Gasteiger partial charge in [-0.05, 0) is 31.5 Å². The van der Waals surface area contributed by atoms with Crippen LogP contribution in [0, 0.1) is 11.7 Å². The summed E-state index contributed by atoms with van der Waals surface area (Å²) < 4.78 is 18.3. The van der Waals surface area contributed by atoms with Crippen LogP contribution in [0.15, 0.2) is 18.2 Å². The van der Waals surface area contributed by atoms with Gasteiger partial charge >= 0.3 is 5.97 Å². The Bertz CT molecular complexity index is 517. The van der Waals surface area contributed by atoms with Gasteiger partial charge in [0, 0.05) is 6.61 Å². The fourth-order valence-corrected chi connectivity index (χ4v) is 2.10. The molecule has 2 unspecified atom stereocenters. The van der Waals surface area contributed by atoms with Gasteiger partial charge in [-0.25, -0.2) is 9.18 Å². The third-order valence-corrected chi connectivity index (χ3v) is 3.18. The van der Waals surface area contributed by atoms with Gasteiger partial charge in [0.05, 0.1) is 23.3 Å². The van der Waals surface area contributed by atoms with E-state index in [2.05, 4.69) is 5.32 Å². The Labute approximate surface area is 109 Å². The number of carboxylic acids is 1. The molecule has 1 fully saturated rings. The lowest BCUT2D eigenvalue weighted by molar-refractivity contribution is -0.121. The summed E-state index contributed by atoms with van der Waals surface area (Å²) in [5.74, 6) is -2.57. The number of halogens is 1. The van der Waals surface area contributed by atoms with E-state index in [4.69, 9.17) is 9.84 Å². The van der Waals surface area contributed by atoms with Crippen molar-refractivity contribution < 1.29 is 23.8 Å². The molecule has 1 aromatic rings. The number of benzene rings is 1. The molecular formula is C13H14FNO4. The number of carbonyl (C=O) groups excluding carboxylic acids is 1. The molecule has 1 heterocycles. The highest BCUT2D eigenvalue weighted by atomic mass is 19.1. The minimum Gasteiger partial charge on any atom is -0.478 e. The van der Waals surface area contributed by atoms with Gasteiger partial charge in [0.2, 0.25) is 5.91 Å². The van der Waals surface area contributed by atoms with Crippen molar-refractivity contribution >= 4 is 17.6 Å². The first-order valence-corrected chi connectivity index (χ1v) is 5.94. The van der Waals surface area contributed by atoms with Crippen molar-refractivity contribution in [3.63, 3.8) is 0 Å². The van der Waals surface area contributed by atoms with E-state index in [1.807, 2.05) is 0 Å². The number of hydrogen-bond donors (Lipinski definition) is 2. The number of amides is 1. The molecule has 102 valence electrons. The van der Waals surface area contributed by atoms with Crippen molar-refractivity contribution in [2.24, 2.45) is 5.92 Å². The molecule has 1 amide bonds. The largest absolute Gasteiger partial charge is 0.478 e. The van der Waals surface area contributed by atoms with Gasteiger partial charge in [-0.3, -0.25) is 4.79 Å². The van der Waals surface area contributed by atoms with Crippen molar-refractivity contribution in [1.29, 1.82) is 0 Å². The second kappa shape index (κ2) is 5.36. The quantitative estimate of drug-likeness (QED) is 0.876. The smallest absolute Gasteiger partial charge is 0.337 e.